The number of hydrogen-bond acceptors (Lipinski definition) is 5. The number of rotatable bonds is 2. The van der Waals surface area contributed by atoms with Gasteiger partial charge in [0.15, 0.2) is 0 Å². The van der Waals surface area contributed by atoms with E-state index in [1.807, 2.05) is 0 Å². The summed E-state index contributed by atoms with van der Waals surface area (Å²) < 4.78 is 6.27. The molecule has 17 heavy (non-hydrogen) atoms. The second-order valence-corrected chi connectivity index (χ2v) is 3.38. The van der Waals surface area contributed by atoms with Crippen molar-refractivity contribution in [1.82, 2.24) is 14.8 Å². The maximum atomic E-state index is 10.8. The summed E-state index contributed by atoms with van der Waals surface area (Å²) in [6.45, 7) is 0. The van der Waals surface area contributed by atoms with E-state index in [0.29, 0.717) is 16.9 Å². The van der Waals surface area contributed by atoms with E-state index in [1.165, 1.54) is 17.1 Å². The van der Waals surface area contributed by atoms with Gasteiger partial charge in [-0.25, -0.2) is 9.48 Å². The Morgan fingerprint density at radius 2 is 2.18 bits per heavy atom. The Bertz CT molecular complexity index is 546. The molecule has 88 valence electrons. The van der Waals surface area contributed by atoms with Crippen LogP contribution < -0.4 is 16.2 Å². The van der Waals surface area contributed by atoms with Gasteiger partial charge in [0.05, 0.1) is 29.3 Å². The zero-order valence-electron chi connectivity index (χ0n) is 9.12. The summed E-state index contributed by atoms with van der Waals surface area (Å²) in [5, 5.41) is 3.98. The van der Waals surface area contributed by atoms with Crippen LogP contribution in [0.15, 0.2) is 24.5 Å². The molecule has 1 amide bonds. The van der Waals surface area contributed by atoms with Crippen LogP contribution in [-0.4, -0.2) is 20.9 Å². The first kappa shape index (κ1) is 10.9. The molecule has 2 aromatic rings. The third kappa shape index (κ3) is 2.17. The Hall–Kier alpha value is -2.57. The topological polar surface area (TPSA) is 109 Å². The number of amides is 1. The van der Waals surface area contributed by atoms with E-state index in [-0.39, 0.29) is 5.88 Å². The third-order valence-corrected chi connectivity index (χ3v) is 2.14. The molecule has 0 spiro atoms. The fraction of sp³-hybridized carbons (Fsp3) is 0.100. The van der Waals surface area contributed by atoms with Crippen LogP contribution in [0.2, 0.25) is 0 Å². The van der Waals surface area contributed by atoms with Gasteiger partial charge >= 0.3 is 6.09 Å². The van der Waals surface area contributed by atoms with Gasteiger partial charge in [0.2, 0.25) is 5.88 Å². The highest BCUT2D eigenvalue weighted by Crippen LogP contribution is 2.27. The van der Waals surface area contributed by atoms with Crippen LogP contribution in [-0.2, 0) is 7.05 Å². The van der Waals surface area contributed by atoms with Gasteiger partial charge in [-0.05, 0) is 12.1 Å². The van der Waals surface area contributed by atoms with Gasteiger partial charge in [-0.3, -0.25) is 4.98 Å². The molecule has 0 saturated heterocycles. The minimum Gasteiger partial charge on any atom is -0.397 e. The summed E-state index contributed by atoms with van der Waals surface area (Å²) in [6.07, 6.45) is 2.15. The van der Waals surface area contributed by atoms with Crippen molar-refractivity contribution in [3.05, 3.63) is 24.5 Å². The van der Waals surface area contributed by atoms with Crippen LogP contribution in [0.1, 0.15) is 0 Å². The Labute approximate surface area is 97.0 Å². The average Bonchev–Trinajstić information content (AvgIpc) is 2.61. The Kier molecular flexibility index (Phi) is 2.65. The van der Waals surface area contributed by atoms with Crippen LogP contribution in [0.4, 0.5) is 10.5 Å². The largest absolute Gasteiger partial charge is 0.411 e. The normalized spacial score (nSPS) is 10.2. The Balaban J connectivity index is 2.45. The van der Waals surface area contributed by atoms with E-state index in [1.54, 1.807) is 19.2 Å². The predicted octanol–water partition coefficient (Wildman–Crippen LogP) is 0.522. The number of nitrogens with two attached hydrogens (primary N) is 2. The summed E-state index contributed by atoms with van der Waals surface area (Å²) in [5.41, 5.74) is 12.2. The third-order valence-electron chi connectivity index (χ3n) is 2.14. The highest BCUT2D eigenvalue weighted by molar-refractivity contribution is 5.73. The number of carbonyl (C=O) groups excluding carboxylic acids is 1. The first-order valence-electron chi connectivity index (χ1n) is 4.79. The van der Waals surface area contributed by atoms with Crippen LogP contribution in [0.3, 0.4) is 0 Å². The molecule has 0 unspecified atom stereocenters. The molecule has 0 aliphatic rings. The van der Waals surface area contributed by atoms with Crippen molar-refractivity contribution < 1.29 is 9.53 Å². The zero-order chi connectivity index (χ0) is 12.4. The molecule has 4 N–H and O–H groups in total. The maximum Gasteiger partial charge on any atom is 0.411 e. The van der Waals surface area contributed by atoms with Crippen LogP contribution in [0.25, 0.3) is 11.3 Å². The number of aromatic nitrogens is 3. The van der Waals surface area contributed by atoms with Crippen molar-refractivity contribution in [2.45, 2.75) is 0 Å². The number of nitrogen functional groups attached to an aromatic ring is 1. The Morgan fingerprint density at radius 1 is 1.41 bits per heavy atom. The van der Waals surface area contributed by atoms with Gasteiger partial charge < -0.3 is 16.2 Å². The van der Waals surface area contributed by atoms with Crippen LogP contribution in [0.5, 0.6) is 5.88 Å². The fourth-order valence-corrected chi connectivity index (χ4v) is 1.38. The van der Waals surface area contributed by atoms with Crippen molar-refractivity contribution >= 4 is 11.8 Å². The lowest BCUT2D eigenvalue weighted by molar-refractivity contribution is 0.207. The van der Waals surface area contributed by atoms with Crippen LogP contribution in [0, 0.1) is 0 Å². The molecule has 7 heteroatoms. The number of primary amides is 1. The van der Waals surface area contributed by atoms with Gasteiger partial charge in [0, 0.05) is 7.05 Å². The first-order valence-corrected chi connectivity index (χ1v) is 4.79. The van der Waals surface area contributed by atoms with E-state index < -0.39 is 6.09 Å². The minimum atomic E-state index is -0.898. The molecule has 0 fully saturated rings. The fourth-order valence-electron chi connectivity index (χ4n) is 1.38. The highest BCUT2D eigenvalue weighted by atomic mass is 16.6. The molecular weight excluding hydrogens is 222 g/mol. The monoisotopic (exact) mass is 233 g/mol. The second kappa shape index (κ2) is 4.12. The number of nitrogens with zero attached hydrogens (tertiary/aromatic N) is 3. The average molecular weight is 233 g/mol. The van der Waals surface area contributed by atoms with Crippen molar-refractivity contribution in [2.75, 3.05) is 5.73 Å². The SMILES string of the molecule is Cn1ncc(-c2ccc(N)cn2)c1OC(N)=O. The molecule has 2 rings (SSSR count). The quantitative estimate of drug-likeness (QED) is 0.785. The van der Waals surface area contributed by atoms with Gasteiger partial charge in [0.25, 0.3) is 0 Å². The molecule has 7 nitrogen and oxygen atoms in total. The summed E-state index contributed by atoms with van der Waals surface area (Å²) in [6, 6.07) is 3.41. The number of anilines is 1. The lowest BCUT2D eigenvalue weighted by atomic mass is 10.2. The van der Waals surface area contributed by atoms with Crippen LogP contribution >= 0.6 is 0 Å². The lowest BCUT2D eigenvalue weighted by Crippen LogP contribution is -2.18. The second-order valence-electron chi connectivity index (χ2n) is 3.38. The molecule has 0 radical (unpaired) electrons. The molecule has 0 atom stereocenters. The maximum absolute atomic E-state index is 10.8. The number of carbonyl (C=O) groups is 1. The molecule has 0 aliphatic carbocycles. The summed E-state index contributed by atoms with van der Waals surface area (Å²) >= 11 is 0. The molecular formula is C10H11N5O2. The molecule has 2 heterocycles. The predicted molar refractivity (Wildman–Crippen MR) is 61.1 cm³/mol. The standard InChI is InChI=1S/C10H11N5O2/c1-15-9(17-10(12)16)7(5-14-15)8-3-2-6(11)4-13-8/h2-5H,11H2,1H3,(H2,12,16). The summed E-state index contributed by atoms with van der Waals surface area (Å²) in [5.74, 6) is 0.245. The molecule has 0 aromatic carbocycles. The highest BCUT2D eigenvalue weighted by Gasteiger charge is 2.15. The van der Waals surface area contributed by atoms with Crippen molar-refractivity contribution in [3.63, 3.8) is 0 Å². The van der Waals surface area contributed by atoms with Crippen molar-refractivity contribution in [3.8, 4) is 17.1 Å². The molecule has 0 aliphatic heterocycles. The number of pyridine rings is 1. The van der Waals surface area contributed by atoms with E-state index >= 15 is 0 Å². The van der Waals surface area contributed by atoms with Gasteiger partial charge in [-0.15, -0.1) is 0 Å². The van der Waals surface area contributed by atoms with E-state index in [4.69, 9.17) is 16.2 Å². The van der Waals surface area contributed by atoms with Gasteiger partial charge in [-0.1, -0.05) is 0 Å². The smallest absolute Gasteiger partial charge is 0.397 e. The molecule has 2 aromatic heterocycles. The minimum absolute atomic E-state index is 0.245. The Morgan fingerprint density at radius 3 is 2.76 bits per heavy atom. The van der Waals surface area contributed by atoms with Gasteiger partial charge in [0.1, 0.15) is 0 Å². The van der Waals surface area contributed by atoms with E-state index in [0.717, 1.165) is 0 Å². The first-order chi connectivity index (χ1) is 8.08. The zero-order valence-corrected chi connectivity index (χ0v) is 9.12. The number of hydrogen-bond donors (Lipinski definition) is 2. The summed E-state index contributed by atoms with van der Waals surface area (Å²) in [4.78, 5) is 14.9. The number of ether oxygens (including phenoxy) is 1. The van der Waals surface area contributed by atoms with Gasteiger partial charge in [-0.2, -0.15) is 5.10 Å². The molecule has 0 saturated carbocycles. The molecule has 0 bridgehead atoms. The van der Waals surface area contributed by atoms with E-state index in [9.17, 15) is 4.79 Å². The van der Waals surface area contributed by atoms with Crippen molar-refractivity contribution in [1.29, 1.82) is 0 Å². The van der Waals surface area contributed by atoms with Crippen molar-refractivity contribution in [2.24, 2.45) is 12.8 Å². The lowest BCUT2D eigenvalue weighted by Gasteiger charge is -2.04. The number of aryl methyl sites for hydroxylation is 1. The van der Waals surface area contributed by atoms with E-state index in [2.05, 4.69) is 10.1 Å². The summed E-state index contributed by atoms with van der Waals surface area (Å²) in [7, 11) is 1.64.